The highest BCUT2D eigenvalue weighted by atomic mass is 32.1. The van der Waals surface area contributed by atoms with Crippen LogP contribution in [0.3, 0.4) is 0 Å². The Labute approximate surface area is 138 Å². The Morgan fingerprint density at radius 1 is 0.652 bits per heavy atom. The lowest BCUT2D eigenvalue weighted by molar-refractivity contribution is 1.47. The average molecular weight is 311 g/mol. The Morgan fingerprint density at radius 2 is 1.35 bits per heavy atom. The molecule has 0 saturated carbocycles. The van der Waals surface area contributed by atoms with Crippen LogP contribution in [0.5, 0.6) is 0 Å². The maximum Gasteiger partial charge on any atom is 0.0894 e. The molecule has 5 rings (SSSR count). The standard InChI is InChI=1S/C21H13NS/c1-2-8-14(9-3-1)19-15-10-4-5-11-16(15)20-21(19)23-18-13-7-6-12-17(18)22-20/h1-13H. The lowest BCUT2D eigenvalue weighted by atomic mass is 10.1. The third-order valence-corrected chi connectivity index (χ3v) is 5.43. The fourth-order valence-electron chi connectivity index (χ4n) is 3.24. The number of hydrogen-bond acceptors (Lipinski definition) is 2. The smallest absolute Gasteiger partial charge is 0.0894 e. The molecule has 1 nitrogen and oxygen atoms in total. The first-order chi connectivity index (χ1) is 11.4. The summed E-state index contributed by atoms with van der Waals surface area (Å²) < 4.78 is 1.23. The number of hydrogen-bond donors (Lipinski definition) is 0. The van der Waals surface area contributed by atoms with Crippen LogP contribution in [0.2, 0.25) is 0 Å². The molecule has 0 N–H and O–H groups in total. The van der Waals surface area contributed by atoms with Gasteiger partial charge in [0.15, 0.2) is 0 Å². The van der Waals surface area contributed by atoms with Gasteiger partial charge in [0.1, 0.15) is 0 Å². The number of aromatic nitrogens is 1. The molecule has 0 unspecified atom stereocenters. The summed E-state index contributed by atoms with van der Waals surface area (Å²) in [5.74, 6) is 0. The molecule has 2 aliphatic rings. The third kappa shape index (κ3) is 1.89. The van der Waals surface area contributed by atoms with E-state index in [9.17, 15) is 0 Å². The highest BCUT2D eigenvalue weighted by Gasteiger charge is 2.21. The molecular weight excluding hydrogens is 298 g/mol. The van der Waals surface area contributed by atoms with Gasteiger partial charge in [-0.2, -0.15) is 0 Å². The van der Waals surface area contributed by atoms with Gasteiger partial charge in [-0.25, -0.2) is 4.98 Å². The highest BCUT2D eigenvalue weighted by Crippen LogP contribution is 2.47. The summed E-state index contributed by atoms with van der Waals surface area (Å²) in [7, 11) is 0. The van der Waals surface area contributed by atoms with E-state index in [1.54, 1.807) is 0 Å². The van der Waals surface area contributed by atoms with Crippen molar-refractivity contribution in [3.05, 3.63) is 78.9 Å². The van der Waals surface area contributed by atoms with E-state index in [0.29, 0.717) is 0 Å². The van der Waals surface area contributed by atoms with Crippen molar-refractivity contribution in [3.63, 3.8) is 0 Å². The summed E-state index contributed by atoms with van der Waals surface area (Å²) in [6, 6.07) is 27.6. The van der Waals surface area contributed by atoms with Crippen LogP contribution in [-0.2, 0) is 0 Å². The first-order valence-electron chi connectivity index (χ1n) is 7.67. The molecule has 0 atom stereocenters. The third-order valence-electron chi connectivity index (χ3n) is 4.27. The second-order valence-electron chi connectivity index (χ2n) is 5.65. The normalized spacial score (nSPS) is 11.5. The van der Waals surface area contributed by atoms with Crippen molar-refractivity contribution in [1.82, 2.24) is 4.98 Å². The molecule has 3 aromatic rings. The molecule has 1 aliphatic carbocycles. The average Bonchev–Trinajstić information content (AvgIpc) is 2.94. The van der Waals surface area contributed by atoms with E-state index >= 15 is 0 Å². The predicted octanol–water partition coefficient (Wildman–Crippen LogP) is 6.22. The van der Waals surface area contributed by atoms with E-state index in [1.807, 2.05) is 11.3 Å². The van der Waals surface area contributed by atoms with Gasteiger partial charge in [0.2, 0.25) is 0 Å². The largest absolute Gasteiger partial charge is 0.245 e. The van der Waals surface area contributed by atoms with E-state index in [2.05, 4.69) is 78.9 Å². The van der Waals surface area contributed by atoms with Gasteiger partial charge in [0.05, 0.1) is 20.8 Å². The van der Waals surface area contributed by atoms with Crippen molar-refractivity contribution in [2.75, 3.05) is 0 Å². The van der Waals surface area contributed by atoms with Gasteiger partial charge >= 0.3 is 0 Å². The van der Waals surface area contributed by atoms with Crippen LogP contribution < -0.4 is 0 Å². The first-order valence-corrected chi connectivity index (χ1v) is 8.49. The van der Waals surface area contributed by atoms with Gasteiger partial charge in [-0.1, -0.05) is 66.7 Å². The molecule has 3 aromatic carbocycles. The Kier molecular flexibility index (Phi) is 2.73. The Bertz CT molecular complexity index is 1110. The van der Waals surface area contributed by atoms with Gasteiger partial charge < -0.3 is 0 Å². The van der Waals surface area contributed by atoms with Crippen molar-refractivity contribution in [3.8, 4) is 21.7 Å². The quantitative estimate of drug-likeness (QED) is 0.358. The zero-order chi connectivity index (χ0) is 15.2. The van der Waals surface area contributed by atoms with E-state index in [1.165, 1.54) is 31.5 Å². The molecular formula is C21H13NS. The van der Waals surface area contributed by atoms with Crippen molar-refractivity contribution < 1.29 is 0 Å². The molecule has 0 aromatic heterocycles. The van der Waals surface area contributed by atoms with E-state index in [-0.39, 0.29) is 0 Å². The summed E-state index contributed by atoms with van der Waals surface area (Å²) in [4.78, 5) is 6.24. The molecule has 0 radical (unpaired) electrons. The molecule has 0 saturated heterocycles. The second-order valence-corrected chi connectivity index (χ2v) is 6.70. The summed E-state index contributed by atoms with van der Waals surface area (Å²) in [5.41, 5.74) is 4.75. The number of fused-ring (bicyclic) bond motifs is 4. The van der Waals surface area contributed by atoms with Crippen molar-refractivity contribution in [1.29, 1.82) is 0 Å². The van der Waals surface area contributed by atoms with Gasteiger partial charge in [0, 0.05) is 10.9 Å². The topological polar surface area (TPSA) is 12.9 Å². The van der Waals surface area contributed by atoms with Crippen LogP contribution >= 0.6 is 11.3 Å². The van der Waals surface area contributed by atoms with Crippen molar-refractivity contribution >= 4 is 32.3 Å². The number of nitrogens with zero attached hydrogens (tertiary/aromatic N) is 1. The van der Waals surface area contributed by atoms with Gasteiger partial charge in [-0.15, -0.1) is 11.3 Å². The molecule has 0 bridgehead atoms. The summed E-state index contributed by atoms with van der Waals surface area (Å²) in [5, 5.41) is 2.52. The molecule has 0 fully saturated rings. The fourth-order valence-corrected chi connectivity index (χ4v) is 4.41. The van der Waals surface area contributed by atoms with Crippen LogP contribution in [0.1, 0.15) is 0 Å². The van der Waals surface area contributed by atoms with Gasteiger partial charge in [0.25, 0.3) is 0 Å². The predicted molar refractivity (Wildman–Crippen MR) is 99.2 cm³/mol. The monoisotopic (exact) mass is 311 g/mol. The molecule has 0 spiro atoms. The SMILES string of the molecule is c1ccc(-c2c3sc4ccccc4nc-3c3ccccc23)cc1. The van der Waals surface area contributed by atoms with E-state index < -0.39 is 0 Å². The molecule has 1 heterocycles. The number of rotatable bonds is 1. The van der Waals surface area contributed by atoms with Crippen molar-refractivity contribution in [2.24, 2.45) is 0 Å². The Hall–Kier alpha value is -2.71. The highest BCUT2D eigenvalue weighted by molar-refractivity contribution is 7.22. The number of benzene rings is 3. The first kappa shape index (κ1) is 12.8. The molecule has 1 aliphatic heterocycles. The van der Waals surface area contributed by atoms with Gasteiger partial charge in [-0.05, 0) is 23.1 Å². The molecule has 0 amide bonds. The lowest BCUT2D eigenvalue weighted by Crippen LogP contribution is -1.83. The second kappa shape index (κ2) is 4.90. The minimum atomic E-state index is 1.07. The van der Waals surface area contributed by atoms with Crippen LogP contribution in [-0.4, -0.2) is 4.98 Å². The van der Waals surface area contributed by atoms with Crippen LogP contribution in [0, 0.1) is 0 Å². The van der Waals surface area contributed by atoms with Crippen molar-refractivity contribution in [2.45, 2.75) is 0 Å². The zero-order valence-electron chi connectivity index (χ0n) is 12.4. The van der Waals surface area contributed by atoms with Gasteiger partial charge in [-0.3, -0.25) is 0 Å². The minimum absolute atomic E-state index is 1.07. The maximum absolute atomic E-state index is 4.96. The molecule has 108 valence electrons. The van der Waals surface area contributed by atoms with Crippen LogP contribution in [0.25, 0.3) is 42.7 Å². The number of para-hydroxylation sites is 1. The van der Waals surface area contributed by atoms with Crippen LogP contribution in [0.15, 0.2) is 78.9 Å². The summed E-state index contributed by atoms with van der Waals surface area (Å²) in [6.07, 6.45) is 0. The summed E-state index contributed by atoms with van der Waals surface area (Å²) >= 11 is 1.84. The Balaban J connectivity index is 2.00. The van der Waals surface area contributed by atoms with E-state index in [0.717, 1.165) is 11.2 Å². The minimum Gasteiger partial charge on any atom is -0.245 e. The zero-order valence-corrected chi connectivity index (χ0v) is 13.2. The lowest BCUT2D eigenvalue weighted by Gasteiger charge is -2.06. The molecule has 2 heteroatoms. The van der Waals surface area contributed by atoms with E-state index in [4.69, 9.17) is 4.98 Å². The van der Waals surface area contributed by atoms with Crippen LogP contribution in [0.4, 0.5) is 0 Å². The molecule has 23 heavy (non-hydrogen) atoms. The Morgan fingerprint density at radius 3 is 2.22 bits per heavy atom. The summed E-state index contributed by atoms with van der Waals surface area (Å²) in [6.45, 7) is 0. The maximum atomic E-state index is 4.96. The fraction of sp³-hybridized carbons (Fsp3) is 0.